The van der Waals surface area contributed by atoms with E-state index in [2.05, 4.69) is 10.4 Å². The molecular formula is C18H20N4O4. The van der Waals surface area contributed by atoms with E-state index in [1.54, 1.807) is 13.8 Å². The summed E-state index contributed by atoms with van der Waals surface area (Å²) in [6.07, 6.45) is 0.698. The van der Waals surface area contributed by atoms with Gasteiger partial charge in [-0.3, -0.25) is 19.1 Å². The first-order valence-corrected chi connectivity index (χ1v) is 8.27. The maximum Gasteiger partial charge on any atom is 0.325 e. The number of aryl methyl sites for hydroxylation is 1. The number of rotatable bonds is 3. The first-order chi connectivity index (χ1) is 12.3. The van der Waals surface area contributed by atoms with Crippen LogP contribution in [0.25, 0.3) is 0 Å². The number of aliphatic carboxylic acids is 1. The van der Waals surface area contributed by atoms with Crippen LogP contribution >= 0.6 is 0 Å². The minimum Gasteiger partial charge on any atom is -0.480 e. The molecule has 3 rings (SSSR count). The van der Waals surface area contributed by atoms with Gasteiger partial charge in [-0.2, -0.15) is 5.10 Å². The summed E-state index contributed by atoms with van der Waals surface area (Å²) in [4.78, 5) is 37.6. The molecule has 0 unspecified atom stereocenters. The summed E-state index contributed by atoms with van der Waals surface area (Å²) >= 11 is 0. The summed E-state index contributed by atoms with van der Waals surface area (Å²) in [6, 6.07) is 7.40. The Hall–Kier alpha value is -3.16. The largest absolute Gasteiger partial charge is 0.480 e. The molecule has 136 valence electrons. The van der Waals surface area contributed by atoms with Crippen molar-refractivity contribution in [2.24, 2.45) is 0 Å². The highest BCUT2D eigenvalue weighted by Gasteiger charge is 2.34. The molecule has 0 aliphatic carbocycles. The molecule has 0 radical (unpaired) electrons. The molecule has 0 bridgehead atoms. The Morgan fingerprint density at radius 3 is 2.65 bits per heavy atom. The van der Waals surface area contributed by atoms with E-state index in [-0.39, 0.29) is 12.6 Å². The summed E-state index contributed by atoms with van der Waals surface area (Å²) < 4.78 is 1.28. The molecule has 8 heteroatoms. The number of amides is 2. The number of fused-ring (bicyclic) bond motifs is 1. The molecule has 0 saturated heterocycles. The number of carbonyl (C=O) groups is 3. The van der Waals surface area contributed by atoms with Crippen molar-refractivity contribution in [2.45, 2.75) is 39.8 Å². The number of nitrogens with one attached hydrogen (secondary N) is 1. The van der Waals surface area contributed by atoms with Crippen LogP contribution in [-0.4, -0.2) is 38.7 Å². The van der Waals surface area contributed by atoms with Crippen LogP contribution in [0, 0.1) is 13.8 Å². The zero-order chi connectivity index (χ0) is 19.0. The Morgan fingerprint density at radius 1 is 1.27 bits per heavy atom. The van der Waals surface area contributed by atoms with E-state index in [1.807, 2.05) is 31.2 Å². The number of anilines is 2. The van der Waals surface area contributed by atoms with Gasteiger partial charge in [-0.15, -0.1) is 0 Å². The fraction of sp³-hybridized carbons (Fsp3) is 0.333. The van der Waals surface area contributed by atoms with Crippen LogP contribution in [0.2, 0.25) is 0 Å². The van der Waals surface area contributed by atoms with E-state index in [0.717, 1.165) is 11.3 Å². The van der Waals surface area contributed by atoms with E-state index in [0.29, 0.717) is 23.5 Å². The van der Waals surface area contributed by atoms with Crippen molar-refractivity contribution in [3.63, 3.8) is 0 Å². The summed E-state index contributed by atoms with van der Waals surface area (Å²) in [5, 5.41) is 15.6. The van der Waals surface area contributed by atoms with Crippen LogP contribution in [0.3, 0.4) is 0 Å². The number of carbonyl (C=O) groups excluding carboxylic acids is 2. The lowest BCUT2D eigenvalue weighted by Crippen LogP contribution is -2.43. The zero-order valence-electron chi connectivity index (χ0n) is 14.8. The molecule has 1 aliphatic rings. The molecule has 2 N–H and O–H groups in total. The second kappa shape index (κ2) is 6.62. The maximum absolute atomic E-state index is 12.7. The number of para-hydroxylation sites is 1. The second-order valence-electron chi connectivity index (χ2n) is 6.41. The second-order valence-corrected chi connectivity index (χ2v) is 6.41. The number of hydrogen-bond acceptors (Lipinski definition) is 4. The molecule has 2 heterocycles. The van der Waals surface area contributed by atoms with Gasteiger partial charge in [0.05, 0.1) is 17.1 Å². The van der Waals surface area contributed by atoms with Gasteiger partial charge in [0, 0.05) is 11.7 Å². The van der Waals surface area contributed by atoms with Crippen LogP contribution in [0.5, 0.6) is 0 Å². The van der Waals surface area contributed by atoms with Crippen molar-refractivity contribution in [3.05, 3.63) is 41.2 Å². The fourth-order valence-electron chi connectivity index (χ4n) is 3.31. The topological polar surface area (TPSA) is 105 Å². The van der Waals surface area contributed by atoms with E-state index >= 15 is 0 Å². The van der Waals surface area contributed by atoms with Crippen molar-refractivity contribution in [3.8, 4) is 0 Å². The predicted octanol–water partition coefficient (Wildman–Crippen LogP) is 1.50. The van der Waals surface area contributed by atoms with Crippen LogP contribution in [0.4, 0.5) is 11.4 Å². The van der Waals surface area contributed by atoms with Crippen LogP contribution in [0.15, 0.2) is 24.3 Å². The van der Waals surface area contributed by atoms with E-state index < -0.39 is 17.8 Å². The molecule has 26 heavy (non-hydrogen) atoms. The highest BCUT2D eigenvalue weighted by Crippen LogP contribution is 2.32. The fourth-order valence-corrected chi connectivity index (χ4v) is 3.31. The Kier molecular flexibility index (Phi) is 4.50. The number of hydrogen-bond donors (Lipinski definition) is 2. The van der Waals surface area contributed by atoms with E-state index in [4.69, 9.17) is 5.11 Å². The van der Waals surface area contributed by atoms with Crippen LogP contribution in [0.1, 0.15) is 23.9 Å². The van der Waals surface area contributed by atoms with Crippen molar-refractivity contribution in [1.29, 1.82) is 0 Å². The Morgan fingerprint density at radius 2 is 1.96 bits per heavy atom. The van der Waals surface area contributed by atoms with E-state index in [9.17, 15) is 14.4 Å². The van der Waals surface area contributed by atoms with Crippen LogP contribution < -0.4 is 10.2 Å². The van der Waals surface area contributed by atoms with Crippen molar-refractivity contribution in [2.75, 3.05) is 10.2 Å². The Balaban J connectivity index is 1.82. The van der Waals surface area contributed by atoms with Gasteiger partial charge in [-0.1, -0.05) is 18.2 Å². The third-order valence-electron chi connectivity index (χ3n) is 4.53. The first kappa shape index (κ1) is 17.7. The predicted molar refractivity (Wildman–Crippen MR) is 95.1 cm³/mol. The molecule has 1 aromatic carbocycles. The van der Waals surface area contributed by atoms with Gasteiger partial charge in [0.25, 0.3) is 0 Å². The normalized spacial score (nSPS) is 15.7. The molecule has 0 saturated carbocycles. The Bertz CT molecular complexity index is 903. The Labute approximate surface area is 150 Å². The number of carboxylic acids is 1. The lowest BCUT2D eigenvalue weighted by atomic mass is 10.1. The highest BCUT2D eigenvalue weighted by atomic mass is 16.4. The SMILES string of the molecule is Cc1nn(CC(=O)O)c(C)c1NC(=O)C(=O)N1c2ccccc2C[C@H]1C. The molecule has 1 aliphatic heterocycles. The van der Waals surface area contributed by atoms with Gasteiger partial charge >= 0.3 is 17.8 Å². The molecule has 2 aromatic rings. The molecule has 1 aromatic heterocycles. The molecule has 0 spiro atoms. The summed E-state index contributed by atoms with van der Waals surface area (Å²) in [5.74, 6) is -2.45. The lowest BCUT2D eigenvalue weighted by Gasteiger charge is -2.22. The summed E-state index contributed by atoms with van der Waals surface area (Å²) in [6.45, 7) is 4.88. The average molecular weight is 356 g/mol. The summed E-state index contributed by atoms with van der Waals surface area (Å²) in [7, 11) is 0. The number of nitrogens with zero attached hydrogens (tertiary/aromatic N) is 3. The molecule has 8 nitrogen and oxygen atoms in total. The van der Waals surface area contributed by atoms with Gasteiger partial charge in [0.2, 0.25) is 0 Å². The monoisotopic (exact) mass is 356 g/mol. The number of benzene rings is 1. The number of carboxylic acid groups (broad SMARTS) is 1. The molecule has 1 atom stereocenters. The first-order valence-electron chi connectivity index (χ1n) is 8.27. The molecular weight excluding hydrogens is 336 g/mol. The third kappa shape index (κ3) is 3.05. The lowest BCUT2D eigenvalue weighted by molar-refractivity contribution is -0.137. The minimum atomic E-state index is -1.04. The maximum atomic E-state index is 12.7. The zero-order valence-corrected chi connectivity index (χ0v) is 14.8. The van der Waals surface area contributed by atoms with Gasteiger partial charge in [0.1, 0.15) is 6.54 Å². The minimum absolute atomic E-state index is 0.109. The number of aromatic nitrogens is 2. The quantitative estimate of drug-likeness (QED) is 0.811. The highest BCUT2D eigenvalue weighted by molar-refractivity contribution is 6.44. The van der Waals surface area contributed by atoms with Crippen LogP contribution in [-0.2, 0) is 27.3 Å². The smallest absolute Gasteiger partial charge is 0.325 e. The van der Waals surface area contributed by atoms with Crippen molar-refractivity contribution in [1.82, 2.24) is 9.78 Å². The average Bonchev–Trinajstić information content (AvgIpc) is 3.04. The molecule has 2 amide bonds. The van der Waals surface area contributed by atoms with Crippen molar-refractivity contribution < 1.29 is 19.5 Å². The standard InChI is InChI=1S/C18H20N4O4/c1-10-8-13-6-4-5-7-14(13)22(10)18(26)17(25)19-16-11(2)20-21(12(16)3)9-15(23)24/h4-7,10H,8-9H2,1-3H3,(H,19,25)(H,23,24)/t10-/m1/s1. The van der Waals surface area contributed by atoms with Gasteiger partial charge < -0.3 is 15.3 Å². The van der Waals surface area contributed by atoms with Crippen molar-refractivity contribution >= 4 is 29.2 Å². The summed E-state index contributed by atoms with van der Waals surface area (Å²) in [5.41, 5.74) is 3.09. The van der Waals surface area contributed by atoms with Gasteiger partial charge in [-0.05, 0) is 38.8 Å². The van der Waals surface area contributed by atoms with E-state index in [1.165, 1.54) is 9.58 Å². The van der Waals surface area contributed by atoms with Gasteiger partial charge in [0.15, 0.2) is 0 Å². The third-order valence-corrected chi connectivity index (χ3v) is 4.53. The molecule has 0 fully saturated rings. The van der Waals surface area contributed by atoms with Gasteiger partial charge in [-0.25, -0.2) is 0 Å².